The molecule has 6 nitrogen and oxygen atoms in total. The first-order chi connectivity index (χ1) is 10.5. The summed E-state index contributed by atoms with van der Waals surface area (Å²) < 4.78 is 0. The van der Waals surface area contributed by atoms with Crippen molar-refractivity contribution in [3.8, 4) is 0 Å². The molecule has 4 N–H and O–H groups in total. The largest absolute Gasteiger partial charge is 0.350 e. The van der Waals surface area contributed by atoms with Crippen molar-refractivity contribution in [2.24, 2.45) is 0 Å². The van der Waals surface area contributed by atoms with Crippen LogP contribution in [0.3, 0.4) is 0 Å². The van der Waals surface area contributed by atoms with E-state index in [-0.39, 0.29) is 30.4 Å². The Morgan fingerprint density at radius 1 is 1.35 bits per heavy atom. The Labute approximate surface area is 143 Å². The molecule has 0 radical (unpaired) electrons. The van der Waals surface area contributed by atoms with Gasteiger partial charge in [0.2, 0.25) is 0 Å². The average molecular weight is 341 g/mol. The molecular weight excluding hydrogens is 316 g/mol. The fourth-order valence-electron chi connectivity index (χ4n) is 2.42. The summed E-state index contributed by atoms with van der Waals surface area (Å²) in [6.45, 7) is 5.43. The van der Waals surface area contributed by atoms with Crippen molar-refractivity contribution in [3.05, 3.63) is 29.8 Å². The second kappa shape index (κ2) is 9.37. The molecule has 23 heavy (non-hydrogen) atoms. The summed E-state index contributed by atoms with van der Waals surface area (Å²) in [6.07, 6.45) is 2.25. The highest BCUT2D eigenvalue weighted by molar-refractivity contribution is 5.96. The highest BCUT2D eigenvalue weighted by Gasteiger charge is 2.15. The standard InChI is InChI=1S/C16H24N4O2.ClH/c1-11(2)19-16(22)20-13-6-3-5-12(9-13)15(21)18-10-14-7-4-8-17-14;/h3,5-6,9,11,14,17H,4,7-8,10H2,1-2H3,(H,18,21)(H2,19,20,22);1H. The van der Waals surface area contributed by atoms with Crippen molar-refractivity contribution in [3.63, 3.8) is 0 Å². The molecule has 1 fully saturated rings. The van der Waals surface area contributed by atoms with Crippen LogP contribution in [-0.4, -0.2) is 37.1 Å². The molecule has 0 aliphatic carbocycles. The molecule has 1 saturated heterocycles. The van der Waals surface area contributed by atoms with Gasteiger partial charge < -0.3 is 21.3 Å². The highest BCUT2D eigenvalue weighted by atomic mass is 35.5. The van der Waals surface area contributed by atoms with Crippen LogP contribution in [0.5, 0.6) is 0 Å². The minimum absolute atomic E-state index is 0. The minimum atomic E-state index is -0.275. The molecular formula is C16H25ClN4O2. The third-order valence-electron chi connectivity index (χ3n) is 3.47. The van der Waals surface area contributed by atoms with Crippen LogP contribution in [0.15, 0.2) is 24.3 Å². The van der Waals surface area contributed by atoms with Crippen LogP contribution in [0, 0.1) is 0 Å². The topological polar surface area (TPSA) is 82.3 Å². The first-order valence-corrected chi connectivity index (χ1v) is 7.74. The van der Waals surface area contributed by atoms with Crippen molar-refractivity contribution >= 4 is 30.0 Å². The lowest BCUT2D eigenvalue weighted by Gasteiger charge is -2.13. The van der Waals surface area contributed by atoms with Crippen molar-refractivity contribution in [1.29, 1.82) is 0 Å². The van der Waals surface area contributed by atoms with E-state index in [9.17, 15) is 9.59 Å². The summed E-state index contributed by atoms with van der Waals surface area (Å²) in [5.74, 6) is -0.124. The number of urea groups is 1. The number of benzene rings is 1. The van der Waals surface area contributed by atoms with Gasteiger partial charge in [-0.05, 0) is 51.4 Å². The summed E-state index contributed by atoms with van der Waals surface area (Å²) in [7, 11) is 0. The maximum absolute atomic E-state index is 12.1. The number of hydrogen-bond donors (Lipinski definition) is 4. The van der Waals surface area contributed by atoms with Gasteiger partial charge >= 0.3 is 6.03 Å². The summed E-state index contributed by atoms with van der Waals surface area (Å²) in [6, 6.07) is 7.08. The van der Waals surface area contributed by atoms with E-state index in [4.69, 9.17) is 0 Å². The summed E-state index contributed by atoms with van der Waals surface area (Å²) in [5, 5.41) is 11.7. The Morgan fingerprint density at radius 3 is 2.78 bits per heavy atom. The van der Waals surface area contributed by atoms with E-state index in [1.807, 2.05) is 13.8 Å². The van der Waals surface area contributed by atoms with Crippen LogP contribution >= 0.6 is 12.4 Å². The van der Waals surface area contributed by atoms with Crippen LogP contribution in [0.4, 0.5) is 10.5 Å². The number of nitrogens with one attached hydrogen (secondary N) is 4. The molecule has 1 aromatic carbocycles. The zero-order valence-corrected chi connectivity index (χ0v) is 14.3. The molecule has 128 valence electrons. The highest BCUT2D eigenvalue weighted by Crippen LogP contribution is 2.11. The van der Waals surface area contributed by atoms with Crippen LogP contribution in [-0.2, 0) is 0 Å². The Morgan fingerprint density at radius 2 is 2.13 bits per heavy atom. The van der Waals surface area contributed by atoms with Gasteiger partial charge in [-0.15, -0.1) is 12.4 Å². The van der Waals surface area contributed by atoms with Crippen LogP contribution < -0.4 is 21.3 Å². The average Bonchev–Trinajstić information content (AvgIpc) is 2.97. The van der Waals surface area contributed by atoms with Crippen LogP contribution in [0.1, 0.15) is 37.0 Å². The number of carbonyl (C=O) groups excluding carboxylic acids is 2. The van der Waals surface area contributed by atoms with E-state index in [2.05, 4.69) is 21.3 Å². The second-order valence-corrected chi connectivity index (χ2v) is 5.84. The summed E-state index contributed by atoms with van der Waals surface area (Å²) in [5.41, 5.74) is 1.14. The van der Waals surface area contributed by atoms with Gasteiger partial charge in [0.1, 0.15) is 0 Å². The molecule has 2 rings (SSSR count). The summed E-state index contributed by atoms with van der Waals surface area (Å²) >= 11 is 0. The van der Waals surface area contributed by atoms with E-state index in [1.165, 1.54) is 0 Å². The molecule has 0 bridgehead atoms. The lowest BCUT2D eigenvalue weighted by molar-refractivity contribution is 0.0950. The zero-order valence-electron chi connectivity index (χ0n) is 13.5. The van der Waals surface area contributed by atoms with Crippen LogP contribution in [0.25, 0.3) is 0 Å². The quantitative estimate of drug-likeness (QED) is 0.662. The van der Waals surface area contributed by atoms with Gasteiger partial charge in [0.15, 0.2) is 0 Å². The first kappa shape index (κ1) is 19.3. The number of hydrogen-bond acceptors (Lipinski definition) is 3. The van der Waals surface area contributed by atoms with Gasteiger partial charge in [-0.1, -0.05) is 6.07 Å². The zero-order chi connectivity index (χ0) is 15.9. The number of halogens is 1. The van der Waals surface area contributed by atoms with Crippen molar-refractivity contribution in [2.75, 3.05) is 18.4 Å². The van der Waals surface area contributed by atoms with Crippen molar-refractivity contribution in [2.45, 2.75) is 38.8 Å². The van der Waals surface area contributed by atoms with Crippen molar-refractivity contribution in [1.82, 2.24) is 16.0 Å². The van der Waals surface area contributed by atoms with Crippen LogP contribution in [0.2, 0.25) is 0 Å². The fraction of sp³-hybridized carbons (Fsp3) is 0.500. The molecule has 1 atom stereocenters. The van der Waals surface area contributed by atoms with E-state index < -0.39 is 0 Å². The molecule has 1 heterocycles. The van der Waals surface area contributed by atoms with Gasteiger partial charge in [0.05, 0.1) is 0 Å². The molecule has 1 aliphatic heterocycles. The van der Waals surface area contributed by atoms with Gasteiger partial charge in [-0.3, -0.25) is 4.79 Å². The molecule has 7 heteroatoms. The predicted octanol–water partition coefficient (Wildman–Crippen LogP) is 2.12. The molecule has 0 saturated carbocycles. The van der Waals surface area contributed by atoms with E-state index in [0.29, 0.717) is 23.8 Å². The normalized spacial score (nSPS) is 16.6. The fourth-order valence-corrected chi connectivity index (χ4v) is 2.42. The first-order valence-electron chi connectivity index (χ1n) is 7.74. The summed E-state index contributed by atoms with van der Waals surface area (Å²) in [4.78, 5) is 23.8. The second-order valence-electron chi connectivity index (χ2n) is 5.84. The third kappa shape index (κ3) is 6.46. The SMILES string of the molecule is CC(C)NC(=O)Nc1cccc(C(=O)NCC2CCCN2)c1.Cl. The van der Waals surface area contributed by atoms with Gasteiger partial charge in [-0.2, -0.15) is 0 Å². The minimum Gasteiger partial charge on any atom is -0.350 e. The Balaban J connectivity index is 0.00000264. The maximum Gasteiger partial charge on any atom is 0.319 e. The van der Waals surface area contributed by atoms with Gasteiger partial charge in [-0.25, -0.2) is 4.79 Å². The molecule has 1 aromatic rings. The number of anilines is 1. The molecule has 1 aliphatic rings. The van der Waals surface area contributed by atoms with E-state index in [1.54, 1.807) is 24.3 Å². The number of amides is 3. The number of carbonyl (C=O) groups is 2. The van der Waals surface area contributed by atoms with Crippen molar-refractivity contribution < 1.29 is 9.59 Å². The third-order valence-corrected chi connectivity index (χ3v) is 3.47. The predicted molar refractivity (Wildman–Crippen MR) is 94.3 cm³/mol. The van der Waals surface area contributed by atoms with Gasteiger partial charge in [0.25, 0.3) is 5.91 Å². The maximum atomic E-state index is 12.1. The molecule has 1 unspecified atom stereocenters. The van der Waals surface area contributed by atoms with E-state index in [0.717, 1.165) is 19.4 Å². The smallest absolute Gasteiger partial charge is 0.319 e. The Kier molecular flexibility index (Phi) is 7.85. The van der Waals surface area contributed by atoms with E-state index >= 15 is 0 Å². The number of rotatable bonds is 5. The Hall–Kier alpha value is -1.79. The van der Waals surface area contributed by atoms with Gasteiger partial charge in [0, 0.05) is 29.9 Å². The monoisotopic (exact) mass is 340 g/mol. The lowest BCUT2D eigenvalue weighted by atomic mass is 10.1. The Bertz CT molecular complexity index is 531. The lowest BCUT2D eigenvalue weighted by Crippen LogP contribution is -2.37. The molecule has 0 aromatic heterocycles. The molecule has 3 amide bonds. The molecule has 0 spiro atoms.